The first-order chi connectivity index (χ1) is 15.1. The van der Waals surface area contributed by atoms with Gasteiger partial charge in [0.15, 0.2) is 5.78 Å². The Morgan fingerprint density at radius 2 is 1.91 bits per heavy atom. The van der Waals surface area contributed by atoms with Gasteiger partial charge in [-0.15, -0.1) is 6.58 Å². The number of hydrogen-bond acceptors (Lipinski definition) is 6. The van der Waals surface area contributed by atoms with Gasteiger partial charge >= 0.3 is 0 Å². The molecule has 0 radical (unpaired) electrons. The zero-order valence-electron chi connectivity index (χ0n) is 18.4. The molecule has 2 heterocycles. The van der Waals surface area contributed by atoms with Gasteiger partial charge in [0.05, 0.1) is 16.6 Å². The van der Waals surface area contributed by atoms with E-state index in [4.69, 9.17) is 0 Å². The van der Waals surface area contributed by atoms with E-state index < -0.39 is 28.0 Å². The fourth-order valence-electron chi connectivity index (χ4n) is 3.50. The number of sulfonamides is 1. The second-order valence-corrected chi connectivity index (χ2v) is 9.88. The molecule has 3 rings (SSSR count). The summed E-state index contributed by atoms with van der Waals surface area (Å²) in [4.78, 5) is 24.5. The number of H-pyrrole nitrogens is 1. The van der Waals surface area contributed by atoms with Crippen LogP contribution in [0.3, 0.4) is 0 Å². The number of aromatic amines is 1. The van der Waals surface area contributed by atoms with Crippen molar-refractivity contribution in [3.8, 4) is 11.4 Å². The van der Waals surface area contributed by atoms with Gasteiger partial charge in [-0.2, -0.15) is 0 Å². The molecule has 2 aliphatic rings. The van der Waals surface area contributed by atoms with Crippen LogP contribution in [-0.4, -0.2) is 46.4 Å². The zero-order valence-corrected chi connectivity index (χ0v) is 19.2. The Labute approximate surface area is 188 Å². The molecule has 2 atom stereocenters. The van der Waals surface area contributed by atoms with Crippen LogP contribution >= 0.6 is 0 Å². The molecule has 0 aliphatic carbocycles. The molecule has 170 valence electrons. The van der Waals surface area contributed by atoms with E-state index in [-0.39, 0.29) is 17.2 Å². The molecule has 2 aliphatic heterocycles. The largest absolute Gasteiger partial charge is 0.381 e. The van der Waals surface area contributed by atoms with Gasteiger partial charge in [-0.3, -0.25) is 4.79 Å². The predicted molar refractivity (Wildman–Crippen MR) is 122 cm³/mol. The van der Waals surface area contributed by atoms with Crippen molar-refractivity contribution in [2.75, 3.05) is 0 Å². The highest BCUT2D eigenvalue weighted by molar-refractivity contribution is 7.89. The Hall–Kier alpha value is -2.88. The number of imidazole rings is 1. The normalized spacial score (nSPS) is 13.9. The van der Waals surface area contributed by atoms with E-state index in [0.717, 1.165) is 28.7 Å². The van der Waals surface area contributed by atoms with Crippen molar-refractivity contribution < 1.29 is 18.3 Å². The number of aliphatic hydroxyl groups is 1. The number of aliphatic hydroxyl groups excluding tert-OH is 1. The molecule has 0 fully saturated rings. The van der Waals surface area contributed by atoms with E-state index in [2.05, 4.69) is 26.3 Å². The summed E-state index contributed by atoms with van der Waals surface area (Å²) in [5.41, 5.74) is 3.38. The van der Waals surface area contributed by atoms with Crippen molar-refractivity contribution in [2.45, 2.75) is 50.7 Å². The molecule has 0 bridgehead atoms. The fraction of sp³-hybridized carbons (Fsp3) is 0.348. The van der Waals surface area contributed by atoms with Gasteiger partial charge in [0.1, 0.15) is 17.6 Å². The summed E-state index contributed by atoms with van der Waals surface area (Å²) >= 11 is 0. The molecule has 0 amide bonds. The van der Waals surface area contributed by atoms with Gasteiger partial charge in [-0.25, -0.2) is 23.1 Å². The van der Waals surface area contributed by atoms with Crippen LogP contribution in [0.25, 0.3) is 11.4 Å². The number of aromatic nitrogens is 3. The molecular formula is C23H28N4O4S. The number of aryl methyl sites for hydroxylation is 1. The maximum absolute atomic E-state index is 12.9. The van der Waals surface area contributed by atoms with Crippen LogP contribution in [0.2, 0.25) is 0 Å². The molecule has 1 aromatic carbocycles. The second kappa shape index (κ2) is 9.72. The number of carbonyl (C=O) groups excluding carboxylic acids is 1. The van der Waals surface area contributed by atoms with E-state index in [1.807, 2.05) is 26.8 Å². The minimum atomic E-state index is -3.96. The van der Waals surface area contributed by atoms with Crippen LogP contribution in [-0.2, 0) is 21.2 Å². The molecule has 0 saturated carbocycles. The molecule has 8 nitrogen and oxygen atoms in total. The predicted octanol–water partition coefficient (Wildman–Crippen LogP) is 2.62. The lowest BCUT2D eigenvalue weighted by molar-refractivity contribution is -0.127. The number of nitrogens with zero attached hydrogens (tertiary/aromatic N) is 2. The van der Waals surface area contributed by atoms with Crippen molar-refractivity contribution in [3.05, 3.63) is 66.3 Å². The molecule has 1 aromatic rings. The summed E-state index contributed by atoms with van der Waals surface area (Å²) < 4.78 is 28.2. The quantitative estimate of drug-likeness (QED) is 0.403. The SMILES string of the molecule is C=CC(O)C(=O)[C@H](CC(C)C)NS(=O)(=O)c1ccc(Cc2[nH]ccc3nc(C)nc2-3)cc1. The second-order valence-electron chi connectivity index (χ2n) is 8.17. The summed E-state index contributed by atoms with van der Waals surface area (Å²) in [5.74, 6) is 0.122. The fourth-order valence-corrected chi connectivity index (χ4v) is 4.71. The number of benzene rings is 1. The maximum Gasteiger partial charge on any atom is 0.241 e. The number of pyridine rings is 1. The third-order valence-electron chi connectivity index (χ3n) is 5.06. The van der Waals surface area contributed by atoms with Crippen molar-refractivity contribution in [2.24, 2.45) is 5.92 Å². The Bertz CT molecular complexity index is 1170. The topological polar surface area (TPSA) is 125 Å². The number of Topliss-reactive ketones (excluding diaryl/α,β-unsaturated/α-hetero) is 1. The average molecular weight is 457 g/mol. The van der Waals surface area contributed by atoms with Crippen molar-refractivity contribution in [1.82, 2.24) is 19.7 Å². The maximum atomic E-state index is 12.9. The smallest absolute Gasteiger partial charge is 0.241 e. The highest BCUT2D eigenvalue weighted by Crippen LogP contribution is 2.24. The first-order valence-corrected chi connectivity index (χ1v) is 11.8. The van der Waals surface area contributed by atoms with Crippen LogP contribution in [0.5, 0.6) is 0 Å². The summed E-state index contributed by atoms with van der Waals surface area (Å²) in [6, 6.07) is 7.27. The molecule has 9 heteroatoms. The minimum absolute atomic E-state index is 0.0436. The lowest BCUT2D eigenvalue weighted by Gasteiger charge is -2.21. The number of hydrogen-bond donors (Lipinski definition) is 3. The van der Waals surface area contributed by atoms with E-state index in [0.29, 0.717) is 12.2 Å². The lowest BCUT2D eigenvalue weighted by atomic mass is 9.98. The third-order valence-corrected chi connectivity index (χ3v) is 6.55. The zero-order chi connectivity index (χ0) is 23.5. The van der Waals surface area contributed by atoms with Crippen molar-refractivity contribution >= 4 is 15.8 Å². The van der Waals surface area contributed by atoms with Crippen LogP contribution < -0.4 is 4.72 Å². The van der Waals surface area contributed by atoms with Gasteiger partial charge < -0.3 is 10.1 Å². The molecule has 1 unspecified atom stereocenters. The highest BCUT2D eigenvalue weighted by atomic mass is 32.2. The van der Waals surface area contributed by atoms with Crippen LogP contribution in [0.1, 0.15) is 37.4 Å². The molecule has 3 N–H and O–H groups in total. The number of carbonyl (C=O) groups is 1. The van der Waals surface area contributed by atoms with E-state index in [1.54, 1.807) is 18.3 Å². The Morgan fingerprint density at radius 1 is 1.22 bits per heavy atom. The first kappa shape index (κ1) is 23.8. The Balaban J connectivity index is 1.78. The van der Waals surface area contributed by atoms with E-state index >= 15 is 0 Å². The molecule has 0 saturated heterocycles. The van der Waals surface area contributed by atoms with Crippen LogP contribution in [0, 0.1) is 12.8 Å². The highest BCUT2D eigenvalue weighted by Gasteiger charge is 2.29. The van der Waals surface area contributed by atoms with Crippen LogP contribution in [0.15, 0.2) is 54.1 Å². The standard InChI is InChI=1S/C23H28N4O4S/c1-5-21(28)23(29)20(12-14(2)3)27-32(30,31)17-8-6-16(7-9-17)13-19-22-18(10-11-24-19)25-15(4)26-22/h5-11,14,20-21,24,27-28H,1,12-13H2,2-4H3/t20-,21?/m0/s1. The monoisotopic (exact) mass is 456 g/mol. The lowest BCUT2D eigenvalue weighted by Crippen LogP contribution is -2.45. The summed E-state index contributed by atoms with van der Waals surface area (Å²) in [6.07, 6.45) is 2.27. The minimum Gasteiger partial charge on any atom is -0.381 e. The molecule has 32 heavy (non-hydrogen) atoms. The van der Waals surface area contributed by atoms with Gasteiger partial charge in [-0.05, 0) is 43.0 Å². The number of rotatable bonds is 10. The van der Waals surface area contributed by atoms with Crippen molar-refractivity contribution in [3.63, 3.8) is 0 Å². The van der Waals surface area contributed by atoms with Crippen molar-refractivity contribution in [1.29, 1.82) is 0 Å². The molecule has 0 aromatic heterocycles. The summed E-state index contributed by atoms with van der Waals surface area (Å²) in [6.45, 7) is 8.99. The van der Waals surface area contributed by atoms with Crippen LogP contribution in [0.4, 0.5) is 0 Å². The number of ketones is 1. The first-order valence-electron chi connectivity index (χ1n) is 10.4. The Kier molecular flexibility index (Phi) is 7.22. The van der Waals surface area contributed by atoms with Gasteiger partial charge in [0, 0.05) is 18.3 Å². The molecule has 0 spiro atoms. The Morgan fingerprint density at radius 3 is 2.53 bits per heavy atom. The van der Waals surface area contributed by atoms with E-state index in [9.17, 15) is 18.3 Å². The number of fused-ring (bicyclic) bond motifs is 1. The summed E-state index contributed by atoms with van der Waals surface area (Å²) in [7, 11) is -3.96. The van der Waals surface area contributed by atoms with Gasteiger partial charge in [-0.1, -0.05) is 32.1 Å². The average Bonchev–Trinajstić information content (AvgIpc) is 3.13. The van der Waals surface area contributed by atoms with Gasteiger partial charge in [0.2, 0.25) is 10.0 Å². The van der Waals surface area contributed by atoms with Gasteiger partial charge in [0.25, 0.3) is 0 Å². The van der Waals surface area contributed by atoms with E-state index in [1.165, 1.54) is 12.1 Å². The summed E-state index contributed by atoms with van der Waals surface area (Å²) in [5, 5.41) is 9.82. The third kappa shape index (κ3) is 5.48. The number of nitrogens with one attached hydrogen (secondary N) is 2. The molecular weight excluding hydrogens is 428 g/mol.